The zero-order valence-corrected chi connectivity index (χ0v) is 17.4. The summed E-state index contributed by atoms with van der Waals surface area (Å²) in [5, 5.41) is 2.30. The zero-order valence-electron chi connectivity index (χ0n) is 17.4. The number of carbonyl (C=O) groups is 2. The second-order valence-electron chi connectivity index (χ2n) is 7.95. The van der Waals surface area contributed by atoms with Gasteiger partial charge in [0, 0.05) is 37.6 Å². The van der Waals surface area contributed by atoms with Gasteiger partial charge in [0.1, 0.15) is 23.1 Å². The average Bonchev–Trinajstić information content (AvgIpc) is 2.71. The highest BCUT2D eigenvalue weighted by Gasteiger charge is 2.42. The van der Waals surface area contributed by atoms with Crippen molar-refractivity contribution in [3.63, 3.8) is 0 Å². The van der Waals surface area contributed by atoms with E-state index < -0.39 is 42.4 Å². The van der Waals surface area contributed by atoms with Crippen molar-refractivity contribution in [3.05, 3.63) is 23.8 Å². The minimum absolute atomic E-state index is 0.0641. The minimum Gasteiger partial charge on any atom is -0.497 e. The van der Waals surface area contributed by atoms with Crippen LogP contribution in [-0.4, -0.2) is 55.2 Å². The maximum Gasteiger partial charge on any atom is 0.408 e. The van der Waals surface area contributed by atoms with E-state index in [1.54, 1.807) is 39.0 Å². The molecule has 2 amide bonds. The molecule has 1 unspecified atom stereocenters. The Hall–Kier alpha value is -2.58. The third kappa shape index (κ3) is 6.47. The van der Waals surface area contributed by atoms with E-state index in [2.05, 4.69) is 5.32 Å². The lowest BCUT2D eigenvalue weighted by Gasteiger charge is -2.27. The molecule has 1 aliphatic rings. The van der Waals surface area contributed by atoms with Gasteiger partial charge in [0.05, 0.1) is 14.2 Å². The van der Waals surface area contributed by atoms with Gasteiger partial charge in [0.15, 0.2) is 0 Å². The van der Waals surface area contributed by atoms with Gasteiger partial charge in [-0.05, 0) is 32.9 Å². The lowest BCUT2D eigenvalue weighted by Crippen LogP contribution is -2.49. The molecule has 0 aliphatic carbocycles. The van der Waals surface area contributed by atoms with Crippen LogP contribution >= 0.6 is 0 Å². The molecular weight excluding hydrogens is 386 g/mol. The third-order valence-corrected chi connectivity index (χ3v) is 4.41. The molecule has 1 heterocycles. The van der Waals surface area contributed by atoms with Crippen LogP contribution in [0.15, 0.2) is 18.2 Å². The van der Waals surface area contributed by atoms with E-state index in [-0.39, 0.29) is 13.1 Å². The average molecular weight is 414 g/mol. The lowest BCUT2D eigenvalue weighted by molar-refractivity contribution is -0.133. The highest BCUT2D eigenvalue weighted by Crippen LogP contribution is 2.31. The number of halogens is 2. The van der Waals surface area contributed by atoms with Crippen LogP contribution in [0.5, 0.6) is 11.5 Å². The molecule has 1 N–H and O–H groups in total. The molecule has 1 aromatic carbocycles. The topological polar surface area (TPSA) is 77.1 Å². The fraction of sp³-hybridized carbons (Fsp3) is 0.600. The smallest absolute Gasteiger partial charge is 0.408 e. The molecule has 1 fully saturated rings. The van der Waals surface area contributed by atoms with Crippen molar-refractivity contribution in [1.29, 1.82) is 0 Å². The Morgan fingerprint density at radius 2 is 1.97 bits per heavy atom. The Morgan fingerprint density at radius 1 is 1.28 bits per heavy atom. The van der Waals surface area contributed by atoms with Crippen LogP contribution in [0.4, 0.5) is 13.6 Å². The molecular formula is C20H28F2N2O5. The number of carbonyl (C=O) groups excluding carboxylic acids is 2. The number of nitrogens with one attached hydrogen (secondary N) is 1. The van der Waals surface area contributed by atoms with Crippen LogP contribution < -0.4 is 14.8 Å². The van der Waals surface area contributed by atoms with Crippen molar-refractivity contribution in [2.45, 2.75) is 57.7 Å². The van der Waals surface area contributed by atoms with Crippen LogP contribution in [0, 0.1) is 0 Å². The molecule has 0 bridgehead atoms. The standard InChI is InChI=1S/C20H28F2N2O5/c1-19(2,3)29-18(26)23-15-11-20(21,22)8-9-24(17(15)25)12-13-6-7-14(27-4)10-16(13)28-5/h6-7,10,15H,8-9,11-12H2,1-5H3,(H,23,26). The number of hydrogen-bond acceptors (Lipinski definition) is 5. The minimum atomic E-state index is -3.09. The summed E-state index contributed by atoms with van der Waals surface area (Å²) in [6.07, 6.45) is -2.18. The number of methoxy groups -OCH3 is 2. The molecule has 9 heteroatoms. The van der Waals surface area contributed by atoms with E-state index in [9.17, 15) is 18.4 Å². The number of nitrogens with zero attached hydrogens (tertiary/aromatic N) is 1. The summed E-state index contributed by atoms with van der Waals surface area (Å²) in [6.45, 7) is 4.87. The normalized spacial score (nSPS) is 19.3. The summed E-state index contributed by atoms with van der Waals surface area (Å²) in [5.41, 5.74) is -0.167. The van der Waals surface area contributed by atoms with Gasteiger partial charge in [-0.2, -0.15) is 0 Å². The van der Waals surface area contributed by atoms with Gasteiger partial charge in [-0.25, -0.2) is 13.6 Å². The number of ether oxygens (including phenoxy) is 3. The van der Waals surface area contributed by atoms with E-state index >= 15 is 0 Å². The summed E-state index contributed by atoms with van der Waals surface area (Å²) >= 11 is 0. The van der Waals surface area contributed by atoms with Crippen LogP contribution in [-0.2, 0) is 16.1 Å². The quantitative estimate of drug-likeness (QED) is 0.800. The first-order valence-electron chi connectivity index (χ1n) is 9.31. The Bertz CT molecular complexity index is 749. The number of alkyl carbamates (subject to hydrolysis) is 1. The second kappa shape index (κ2) is 8.84. The summed E-state index contributed by atoms with van der Waals surface area (Å²) in [5.74, 6) is -2.63. The van der Waals surface area contributed by atoms with Crippen molar-refractivity contribution < 1.29 is 32.6 Å². The van der Waals surface area contributed by atoms with Gasteiger partial charge >= 0.3 is 6.09 Å². The number of rotatable bonds is 5. The number of hydrogen-bond donors (Lipinski definition) is 1. The predicted octanol–water partition coefficient (Wildman–Crippen LogP) is 3.35. The van der Waals surface area contributed by atoms with E-state index in [4.69, 9.17) is 14.2 Å². The Balaban J connectivity index is 2.22. The first-order chi connectivity index (χ1) is 13.4. The highest BCUT2D eigenvalue weighted by atomic mass is 19.3. The van der Waals surface area contributed by atoms with Gasteiger partial charge < -0.3 is 24.4 Å². The zero-order chi connectivity index (χ0) is 21.8. The lowest BCUT2D eigenvalue weighted by atomic mass is 10.1. The number of likely N-dealkylation sites (tertiary alicyclic amines) is 1. The molecule has 0 spiro atoms. The second-order valence-corrected chi connectivity index (χ2v) is 7.95. The monoisotopic (exact) mass is 414 g/mol. The molecule has 1 aliphatic heterocycles. The molecule has 1 saturated heterocycles. The van der Waals surface area contributed by atoms with Crippen molar-refractivity contribution in [2.24, 2.45) is 0 Å². The third-order valence-electron chi connectivity index (χ3n) is 4.41. The molecule has 7 nitrogen and oxygen atoms in total. The van der Waals surface area contributed by atoms with Crippen LogP contribution in [0.1, 0.15) is 39.2 Å². The van der Waals surface area contributed by atoms with E-state index in [1.165, 1.54) is 19.1 Å². The Labute approximate surface area is 169 Å². The molecule has 1 atom stereocenters. The molecule has 29 heavy (non-hydrogen) atoms. The largest absolute Gasteiger partial charge is 0.497 e. The van der Waals surface area contributed by atoms with E-state index in [0.717, 1.165) is 0 Å². The number of benzene rings is 1. The Morgan fingerprint density at radius 3 is 2.55 bits per heavy atom. The summed E-state index contributed by atoms with van der Waals surface area (Å²) in [6, 6.07) is 3.68. The van der Waals surface area contributed by atoms with E-state index in [0.29, 0.717) is 17.1 Å². The summed E-state index contributed by atoms with van der Waals surface area (Å²) in [7, 11) is 2.99. The molecule has 162 valence electrons. The van der Waals surface area contributed by atoms with Crippen molar-refractivity contribution >= 4 is 12.0 Å². The van der Waals surface area contributed by atoms with Crippen molar-refractivity contribution in [2.75, 3.05) is 20.8 Å². The molecule has 0 aromatic heterocycles. The summed E-state index contributed by atoms with van der Waals surface area (Å²) < 4.78 is 44.0. The maximum atomic E-state index is 14.2. The van der Waals surface area contributed by atoms with Crippen LogP contribution in [0.25, 0.3) is 0 Å². The first kappa shape index (κ1) is 22.7. The van der Waals surface area contributed by atoms with Gasteiger partial charge in [-0.15, -0.1) is 0 Å². The molecule has 1 aromatic rings. The first-order valence-corrected chi connectivity index (χ1v) is 9.31. The molecule has 2 rings (SSSR count). The SMILES string of the molecule is COc1ccc(CN2CCC(F)(F)CC(NC(=O)OC(C)(C)C)C2=O)c(OC)c1. The van der Waals surface area contributed by atoms with Gasteiger partial charge in [-0.3, -0.25) is 4.79 Å². The van der Waals surface area contributed by atoms with Gasteiger partial charge in [-0.1, -0.05) is 0 Å². The highest BCUT2D eigenvalue weighted by molar-refractivity contribution is 5.86. The molecule has 0 saturated carbocycles. The van der Waals surface area contributed by atoms with Gasteiger partial charge in [0.2, 0.25) is 5.91 Å². The van der Waals surface area contributed by atoms with Crippen molar-refractivity contribution in [1.82, 2.24) is 10.2 Å². The maximum absolute atomic E-state index is 14.2. The van der Waals surface area contributed by atoms with E-state index in [1.807, 2.05) is 0 Å². The number of amides is 2. The summed E-state index contributed by atoms with van der Waals surface area (Å²) in [4.78, 5) is 26.3. The fourth-order valence-electron chi connectivity index (χ4n) is 3.02. The predicted molar refractivity (Wildman–Crippen MR) is 102 cm³/mol. The Kier molecular flexibility index (Phi) is 6.92. The van der Waals surface area contributed by atoms with Crippen LogP contribution in [0.2, 0.25) is 0 Å². The van der Waals surface area contributed by atoms with Crippen LogP contribution in [0.3, 0.4) is 0 Å². The van der Waals surface area contributed by atoms with Gasteiger partial charge in [0.25, 0.3) is 5.92 Å². The number of alkyl halides is 2. The fourth-order valence-corrected chi connectivity index (χ4v) is 3.02. The molecule has 0 radical (unpaired) electrons. The van der Waals surface area contributed by atoms with Crippen molar-refractivity contribution in [3.8, 4) is 11.5 Å².